The smallest absolute Gasteiger partial charge is 0.248 e. The van der Waals surface area contributed by atoms with E-state index in [2.05, 4.69) is 12.8 Å². The van der Waals surface area contributed by atoms with Gasteiger partial charge in [0.1, 0.15) is 17.3 Å². The van der Waals surface area contributed by atoms with Crippen LogP contribution < -0.4 is 4.90 Å². The number of thiophene rings is 1. The third-order valence-corrected chi connectivity index (χ3v) is 8.13. The Morgan fingerprint density at radius 1 is 1.09 bits per heavy atom. The van der Waals surface area contributed by atoms with Gasteiger partial charge in [0.25, 0.3) is 0 Å². The first-order valence-corrected chi connectivity index (χ1v) is 12.6. The fourth-order valence-corrected chi connectivity index (χ4v) is 6.22. The topological polar surface area (TPSA) is 49.9 Å². The molecule has 0 bridgehead atoms. The number of thiol groups is 1. The molecule has 2 aliphatic heterocycles. The number of benzene rings is 2. The van der Waals surface area contributed by atoms with Crippen molar-refractivity contribution < 1.29 is 18.7 Å². The van der Waals surface area contributed by atoms with Crippen LogP contribution in [0.1, 0.15) is 29.0 Å². The number of ketones is 1. The van der Waals surface area contributed by atoms with Crippen LogP contribution in [0.15, 0.2) is 59.3 Å². The Morgan fingerprint density at radius 3 is 2.53 bits per heavy atom. The van der Waals surface area contributed by atoms with Crippen LogP contribution in [0.5, 0.6) is 0 Å². The number of piperidine rings is 1. The molecule has 0 N–H and O–H groups in total. The van der Waals surface area contributed by atoms with Gasteiger partial charge in [-0.3, -0.25) is 13.9 Å². The Labute approximate surface area is 211 Å². The molecule has 3 aromatic rings. The summed E-state index contributed by atoms with van der Waals surface area (Å²) in [4.78, 5) is 29.1. The molecule has 5 rings (SSSR count). The molecule has 1 aromatic heterocycles. The second kappa shape index (κ2) is 9.34. The van der Waals surface area contributed by atoms with E-state index in [4.69, 9.17) is 16.3 Å². The Balaban J connectivity index is 1.59. The molecule has 2 aliphatic rings. The number of Topliss-reactive ketones (excluding diaryl/α,β-unsaturated/α-hetero) is 1. The van der Waals surface area contributed by atoms with Gasteiger partial charge >= 0.3 is 0 Å². The molecule has 5 nitrogen and oxygen atoms in total. The van der Waals surface area contributed by atoms with E-state index in [0.717, 1.165) is 0 Å². The highest BCUT2D eigenvalue weighted by Gasteiger charge is 2.53. The Hall–Kier alpha value is -2.39. The van der Waals surface area contributed by atoms with Gasteiger partial charge in [0, 0.05) is 24.5 Å². The van der Waals surface area contributed by atoms with Gasteiger partial charge in [-0.05, 0) is 51.7 Å². The number of nitrogens with zero attached hydrogens (tertiary/aromatic N) is 2. The van der Waals surface area contributed by atoms with E-state index in [0.29, 0.717) is 53.7 Å². The molecule has 0 spiro atoms. The van der Waals surface area contributed by atoms with Crippen molar-refractivity contribution in [3.05, 3.63) is 86.8 Å². The van der Waals surface area contributed by atoms with Gasteiger partial charge in [0.15, 0.2) is 5.78 Å². The SMILES string of the molecule is O=C1CC(c2ccsc2)(c2ccc(N3CCOCC3)c(F)c2)N(S)C(=O)C1c1ccccc1Cl. The van der Waals surface area contributed by atoms with Gasteiger partial charge in [-0.25, -0.2) is 4.39 Å². The van der Waals surface area contributed by atoms with Crippen molar-refractivity contribution in [2.75, 3.05) is 31.2 Å². The second-order valence-electron chi connectivity index (χ2n) is 8.39. The van der Waals surface area contributed by atoms with E-state index >= 15 is 4.39 Å². The number of ether oxygens (including phenoxy) is 1. The molecule has 0 saturated carbocycles. The molecule has 34 heavy (non-hydrogen) atoms. The normalized spacial score (nSPS) is 23.4. The number of hydrogen-bond acceptors (Lipinski definition) is 6. The number of rotatable bonds is 4. The third-order valence-electron chi connectivity index (χ3n) is 6.56. The van der Waals surface area contributed by atoms with Crippen molar-refractivity contribution >= 4 is 53.1 Å². The van der Waals surface area contributed by atoms with Gasteiger partial charge in [0.05, 0.1) is 18.9 Å². The predicted molar refractivity (Wildman–Crippen MR) is 134 cm³/mol. The Bertz CT molecular complexity index is 1230. The van der Waals surface area contributed by atoms with Crippen molar-refractivity contribution in [2.45, 2.75) is 17.9 Å². The lowest BCUT2D eigenvalue weighted by Crippen LogP contribution is -2.54. The van der Waals surface area contributed by atoms with E-state index in [9.17, 15) is 9.59 Å². The molecule has 176 valence electrons. The van der Waals surface area contributed by atoms with Crippen LogP contribution >= 0.6 is 35.8 Å². The molecule has 2 unspecified atom stereocenters. The highest BCUT2D eigenvalue weighted by Crippen LogP contribution is 2.48. The van der Waals surface area contributed by atoms with E-state index in [1.165, 1.54) is 21.7 Å². The molecule has 0 radical (unpaired) electrons. The number of anilines is 1. The zero-order chi connectivity index (χ0) is 23.9. The van der Waals surface area contributed by atoms with E-state index in [-0.39, 0.29) is 12.2 Å². The zero-order valence-electron chi connectivity index (χ0n) is 18.1. The van der Waals surface area contributed by atoms with Crippen molar-refractivity contribution in [3.8, 4) is 0 Å². The third kappa shape index (κ3) is 3.82. The molecular weight excluding hydrogens is 495 g/mol. The van der Waals surface area contributed by atoms with Gasteiger partial charge in [0.2, 0.25) is 5.91 Å². The molecule has 9 heteroatoms. The molecule has 2 fully saturated rings. The van der Waals surface area contributed by atoms with Crippen molar-refractivity contribution in [1.29, 1.82) is 0 Å². The Morgan fingerprint density at radius 2 is 1.85 bits per heavy atom. The lowest BCUT2D eigenvalue weighted by atomic mass is 9.73. The summed E-state index contributed by atoms with van der Waals surface area (Å²) in [6.45, 7) is 2.27. The van der Waals surface area contributed by atoms with Crippen molar-refractivity contribution in [1.82, 2.24) is 4.31 Å². The monoisotopic (exact) mass is 516 g/mol. The molecular formula is C25H22ClFN2O3S2. The van der Waals surface area contributed by atoms with Crippen LogP contribution in [0.3, 0.4) is 0 Å². The number of carbonyl (C=O) groups excluding carboxylic acids is 2. The lowest BCUT2D eigenvalue weighted by molar-refractivity contribution is -0.142. The number of morpholine rings is 1. The van der Waals surface area contributed by atoms with Crippen LogP contribution in [0.4, 0.5) is 10.1 Å². The molecule has 2 saturated heterocycles. The first-order valence-electron chi connectivity index (χ1n) is 10.9. The van der Waals surface area contributed by atoms with E-state index < -0.39 is 23.2 Å². The second-order valence-corrected chi connectivity index (χ2v) is 9.97. The Kier molecular flexibility index (Phi) is 6.41. The van der Waals surface area contributed by atoms with Crippen molar-refractivity contribution in [3.63, 3.8) is 0 Å². The quantitative estimate of drug-likeness (QED) is 0.389. The van der Waals surface area contributed by atoms with Crippen LogP contribution in [-0.4, -0.2) is 42.3 Å². The van der Waals surface area contributed by atoms with Gasteiger partial charge in [-0.2, -0.15) is 11.3 Å². The van der Waals surface area contributed by atoms with Crippen LogP contribution in [0.2, 0.25) is 5.02 Å². The molecule has 2 atom stereocenters. The molecule has 1 amide bonds. The number of hydrogen-bond donors (Lipinski definition) is 1. The summed E-state index contributed by atoms with van der Waals surface area (Å²) in [6, 6.07) is 13.6. The standard InChI is InChI=1S/C25H22ClFN2O3S2/c26-19-4-2-1-3-18(19)23-22(30)14-25(29(33)24(23)31,17-7-12-34-15-17)16-5-6-21(20(27)13-16)28-8-10-32-11-9-28/h1-7,12-13,15,23,33H,8-11,14H2. The minimum absolute atomic E-state index is 0.0504. The first-order chi connectivity index (χ1) is 16.4. The zero-order valence-corrected chi connectivity index (χ0v) is 20.6. The maximum atomic E-state index is 15.4. The lowest BCUT2D eigenvalue weighted by Gasteiger charge is -2.46. The summed E-state index contributed by atoms with van der Waals surface area (Å²) < 4.78 is 22.1. The van der Waals surface area contributed by atoms with Crippen LogP contribution in [0, 0.1) is 5.82 Å². The number of halogens is 2. The fraction of sp³-hybridized carbons (Fsp3) is 0.280. The van der Waals surface area contributed by atoms with E-state index in [1.807, 2.05) is 21.7 Å². The van der Waals surface area contributed by atoms with Gasteiger partial charge in [-0.15, -0.1) is 0 Å². The minimum Gasteiger partial charge on any atom is -0.378 e. The number of amides is 1. The predicted octanol–water partition coefficient (Wildman–Crippen LogP) is 5.05. The summed E-state index contributed by atoms with van der Waals surface area (Å²) in [5.41, 5.74) is 0.894. The van der Waals surface area contributed by atoms with Gasteiger partial charge < -0.3 is 9.64 Å². The average Bonchev–Trinajstić information content (AvgIpc) is 3.39. The van der Waals surface area contributed by atoms with Gasteiger partial charge in [-0.1, -0.05) is 48.7 Å². The number of carbonyl (C=O) groups is 2. The highest BCUT2D eigenvalue weighted by atomic mass is 35.5. The maximum Gasteiger partial charge on any atom is 0.248 e. The summed E-state index contributed by atoms with van der Waals surface area (Å²) in [7, 11) is 0. The molecule has 3 heterocycles. The highest BCUT2D eigenvalue weighted by molar-refractivity contribution is 7.78. The van der Waals surface area contributed by atoms with Crippen LogP contribution in [0.25, 0.3) is 0 Å². The summed E-state index contributed by atoms with van der Waals surface area (Å²) in [5.74, 6) is -2.25. The maximum absolute atomic E-state index is 15.4. The first kappa shape index (κ1) is 23.4. The largest absolute Gasteiger partial charge is 0.378 e. The van der Waals surface area contributed by atoms with Crippen molar-refractivity contribution in [2.24, 2.45) is 0 Å². The summed E-state index contributed by atoms with van der Waals surface area (Å²) >= 11 is 12.4. The summed E-state index contributed by atoms with van der Waals surface area (Å²) in [5, 5.41) is 4.08. The molecule has 0 aliphatic carbocycles. The van der Waals surface area contributed by atoms with Crippen LogP contribution in [-0.2, 0) is 19.9 Å². The van der Waals surface area contributed by atoms with E-state index in [1.54, 1.807) is 36.4 Å². The molecule has 2 aromatic carbocycles. The average molecular weight is 517 g/mol. The fourth-order valence-electron chi connectivity index (χ4n) is 4.83. The minimum atomic E-state index is -1.24. The summed E-state index contributed by atoms with van der Waals surface area (Å²) in [6.07, 6.45) is -0.0504.